The summed E-state index contributed by atoms with van der Waals surface area (Å²) in [5.41, 5.74) is 7.19. The molecule has 0 fully saturated rings. The van der Waals surface area contributed by atoms with Crippen molar-refractivity contribution in [2.75, 3.05) is 13.2 Å². The third-order valence-corrected chi connectivity index (χ3v) is 3.39. The highest BCUT2D eigenvalue weighted by atomic mass is 19.1. The Balaban J connectivity index is 1.92. The summed E-state index contributed by atoms with van der Waals surface area (Å²) in [4.78, 5) is 0. The summed E-state index contributed by atoms with van der Waals surface area (Å²) in [7, 11) is 0. The summed E-state index contributed by atoms with van der Waals surface area (Å²) in [5.74, 6) is 0.508. The molecule has 0 bridgehead atoms. The number of aliphatic hydroxyl groups is 1. The topological polar surface area (TPSA) is 55.5 Å². The van der Waals surface area contributed by atoms with Crippen LogP contribution in [0.25, 0.3) is 0 Å². The van der Waals surface area contributed by atoms with Gasteiger partial charge in [0, 0.05) is 12.2 Å². The second kappa shape index (κ2) is 7.76. The van der Waals surface area contributed by atoms with Gasteiger partial charge in [-0.05, 0) is 42.6 Å². The van der Waals surface area contributed by atoms with E-state index in [0.717, 1.165) is 12.0 Å². The Kier molecular flexibility index (Phi) is 5.72. The number of ether oxygens (including phenoxy) is 1. The molecule has 0 radical (unpaired) electrons. The molecule has 112 valence electrons. The van der Waals surface area contributed by atoms with Gasteiger partial charge in [-0.2, -0.15) is 0 Å². The van der Waals surface area contributed by atoms with Crippen LogP contribution >= 0.6 is 0 Å². The first-order valence-corrected chi connectivity index (χ1v) is 6.99. The van der Waals surface area contributed by atoms with E-state index < -0.39 is 0 Å². The van der Waals surface area contributed by atoms with Gasteiger partial charge in [0.15, 0.2) is 0 Å². The van der Waals surface area contributed by atoms with Gasteiger partial charge in [0.25, 0.3) is 0 Å². The monoisotopic (exact) mass is 289 g/mol. The number of halogens is 1. The molecule has 0 saturated heterocycles. The van der Waals surface area contributed by atoms with Gasteiger partial charge in [-0.3, -0.25) is 0 Å². The number of aliphatic hydroxyl groups excluding tert-OH is 1. The zero-order valence-electron chi connectivity index (χ0n) is 11.8. The third-order valence-electron chi connectivity index (χ3n) is 3.39. The van der Waals surface area contributed by atoms with Gasteiger partial charge < -0.3 is 15.6 Å². The van der Waals surface area contributed by atoms with Crippen molar-refractivity contribution in [3.8, 4) is 5.75 Å². The van der Waals surface area contributed by atoms with Crippen molar-refractivity contribution in [2.24, 2.45) is 11.7 Å². The van der Waals surface area contributed by atoms with Crippen LogP contribution in [0.1, 0.15) is 11.1 Å². The van der Waals surface area contributed by atoms with Gasteiger partial charge in [0.2, 0.25) is 0 Å². The summed E-state index contributed by atoms with van der Waals surface area (Å²) in [5, 5.41) is 9.14. The van der Waals surface area contributed by atoms with Gasteiger partial charge in [-0.15, -0.1) is 0 Å². The quantitative estimate of drug-likeness (QED) is 0.823. The molecule has 3 N–H and O–H groups in total. The second-order valence-corrected chi connectivity index (χ2v) is 5.01. The molecular formula is C17H20FNO2. The molecule has 1 atom stereocenters. The van der Waals surface area contributed by atoms with Crippen LogP contribution in [0.15, 0.2) is 48.5 Å². The third kappa shape index (κ3) is 4.55. The summed E-state index contributed by atoms with van der Waals surface area (Å²) >= 11 is 0. The summed E-state index contributed by atoms with van der Waals surface area (Å²) in [6.07, 6.45) is 0.737. The zero-order valence-corrected chi connectivity index (χ0v) is 11.8. The lowest BCUT2D eigenvalue weighted by atomic mass is 10.0. The molecule has 0 aliphatic carbocycles. The fourth-order valence-electron chi connectivity index (χ4n) is 2.05. The van der Waals surface area contributed by atoms with E-state index in [1.54, 1.807) is 18.2 Å². The van der Waals surface area contributed by atoms with Crippen LogP contribution in [0, 0.1) is 11.7 Å². The summed E-state index contributed by atoms with van der Waals surface area (Å²) in [6, 6.07) is 14.1. The van der Waals surface area contributed by atoms with Crippen molar-refractivity contribution in [3.05, 3.63) is 65.5 Å². The summed E-state index contributed by atoms with van der Waals surface area (Å²) < 4.78 is 19.0. The maximum atomic E-state index is 13.5. The van der Waals surface area contributed by atoms with Gasteiger partial charge in [-0.25, -0.2) is 4.39 Å². The van der Waals surface area contributed by atoms with Crippen molar-refractivity contribution < 1.29 is 14.2 Å². The minimum Gasteiger partial charge on any atom is -0.489 e. The minimum atomic E-state index is -0.261. The Bertz CT molecular complexity index is 553. The van der Waals surface area contributed by atoms with E-state index in [4.69, 9.17) is 15.6 Å². The number of hydrogen-bond acceptors (Lipinski definition) is 3. The molecule has 2 aromatic carbocycles. The SMILES string of the molecule is NCC(CO)Cc1ccc(OCc2ccccc2F)cc1. The van der Waals surface area contributed by atoms with E-state index in [1.807, 2.05) is 24.3 Å². The van der Waals surface area contributed by atoms with E-state index >= 15 is 0 Å². The highest BCUT2D eigenvalue weighted by Crippen LogP contribution is 2.17. The van der Waals surface area contributed by atoms with Crippen molar-refractivity contribution in [1.82, 2.24) is 0 Å². The number of nitrogens with two attached hydrogens (primary N) is 1. The Hall–Kier alpha value is -1.91. The highest BCUT2D eigenvalue weighted by molar-refractivity contribution is 5.28. The fraction of sp³-hybridized carbons (Fsp3) is 0.294. The van der Waals surface area contributed by atoms with Gasteiger partial charge in [-0.1, -0.05) is 30.3 Å². The molecule has 4 heteroatoms. The van der Waals surface area contributed by atoms with Crippen molar-refractivity contribution in [1.29, 1.82) is 0 Å². The van der Waals surface area contributed by atoms with Crippen molar-refractivity contribution in [2.45, 2.75) is 13.0 Å². The van der Waals surface area contributed by atoms with E-state index in [1.165, 1.54) is 6.07 Å². The van der Waals surface area contributed by atoms with Crippen LogP contribution in [-0.4, -0.2) is 18.3 Å². The predicted molar refractivity (Wildman–Crippen MR) is 80.5 cm³/mol. The van der Waals surface area contributed by atoms with Crippen LogP contribution in [0.4, 0.5) is 4.39 Å². The molecule has 0 heterocycles. The maximum absolute atomic E-state index is 13.5. The van der Waals surface area contributed by atoms with Crippen molar-refractivity contribution in [3.63, 3.8) is 0 Å². The largest absolute Gasteiger partial charge is 0.489 e. The average Bonchev–Trinajstić information content (AvgIpc) is 2.53. The molecule has 2 aromatic rings. The Labute approximate surface area is 124 Å². The number of rotatable bonds is 7. The first kappa shape index (κ1) is 15.5. The molecule has 21 heavy (non-hydrogen) atoms. The average molecular weight is 289 g/mol. The van der Waals surface area contributed by atoms with E-state index in [2.05, 4.69) is 0 Å². The smallest absolute Gasteiger partial charge is 0.129 e. The maximum Gasteiger partial charge on any atom is 0.129 e. The second-order valence-electron chi connectivity index (χ2n) is 5.01. The molecule has 0 spiro atoms. The van der Waals surface area contributed by atoms with Crippen LogP contribution in [0.2, 0.25) is 0 Å². The van der Waals surface area contributed by atoms with E-state index in [-0.39, 0.29) is 24.9 Å². The lowest BCUT2D eigenvalue weighted by Crippen LogP contribution is -2.20. The van der Waals surface area contributed by atoms with Gasteiger partial charge in [0.05, 0.1) is 0 Å². The Morgan fingerprint density at radius 3 is 2.43 bits per heavy atom. The Morgan fingerprint density at radius 1 is 1.10 bits per heavy atom. The van der Waals surface area contributed by atoms with Crippen LogP contribution in [-0.2, 0) is 13.0 Å². The normalized spacial score (nSPS) is 12.1. The first-order valence-electron chi connectivity index (χ1n) is 6.99. The first-order chi connectivity index (χ1) is 10.2. The molecule has 2 rings (SSSR count). The molecule has 0 amide bonds. The standard InChI is InChI=1S/C17H20FNO2/c18-17-4-2-1-3-15(17)12-21-16-7-5-13(6-8-16)9-14(10-19)11-20/h1-8,14,20H,9-12,19H2. The molecule has 0 aliphatic heterocycles. The Morgan fingerprint density at radius 2 is 1.81 bits per heavy atom. The predicted octanol–water partition coefficient (Wildman–Crippen LogP) is 2.51. The number of benzene rings is 2. The lowest BCUT2D eigenvalue weighted by Gasteiger charge is -2.12. The molecule has 3 nitrogen and oxygen atoms in total. The van der Waals surface area contributed by atoms with Crippen LogP contribution in [0.5, 0.6) is 5.75 Å². The number of hydrogen-bond donors (Lipinski definition) is 2. The fourth-order valence-corrected chi connectivity index (χ4v) is 2.05. The molecule has 0 aromatic heterocycles. The van der Waals surface area contributed by atoms with Crippen LogP contribution < -0.4 is 10.5 Å². The molecule has 0 saturated carbocycles. The molecular weight excluding hydrogens is 269 g/mol. The van der Waals surface area contributed by atoms with Crippen LogP contribution in [0.3, 0.4) is 0 Å². The van der Waals surface area contributed by atoms with Gasteiger partial charge >= 0.3 is 0 Å². The minimum absolute atomic E-state index is 0.0789. The van der Waals surface area contributed by atoms with Gasteiger partial charge in [0.1, 0.15) is 18.2 Å². The van der Waals surface area contributed by atoms with E-state index in [0.29, 0.717) is 17.9 Å². The summed E-state index contributed by atoms with van der Waals surface area (Å²) in [6.45, 7) is 0.748. The zero-order chi connectivity index (χ0) is 15.1. The van der Waals surface area contributed by atoms with E-state index in [9.17, 15) is 4.39 Å². The highest BCUT2D eigenvalue weighted by Gasteiger charge is 2.07. The lowest BCUT2D eigenvalue weighted by molar-refractivity contribution is 0.230. The van der Waals surface area contributed by atoms with Crippen molar-refractivity contribution >= 4 is 0 Å². The molecule has 1 unspecified atom stereocenters. The molecule has 0 aliphatic rings.